The van der Waals surface area contributed by atoms with Crippen LogP contribution in [0, 0.1) is 0 Å². The molecule has 2 aromatic rings. The quantitative estimate of drug-likeness (QED) is 0.560. The molecule has 0 aromatic carbocycles. The lowest BCUT2D eigenvalue weighted by molar-refractivity contribution is 0.101. The SMILES string of the molecule is CC(=O)c1cn(C)c2nc(Cl)ccc2c1=O. The Morgan fingerprint density at radius 2 is 2.12 bits per heavy atom. The summed E-state index contributed by atoms with van der Waals surface area (Å²) in [6.45, 7) is 1.37. The number of pyridine rings is 2. The average Bonchev–Trinajstić information content (AvgIpc) is 2.22. The van der Waals surface area contributed by atoms with E-state index < -0.39 is 0 Å². The second kappa shape index (κ2) is 3.72. The number of carbonyl (C=O) groups excluding carboxylic acids is 1. The summed E-state index contributed by atoms with van der Waals surface area (Å²) < 4.78 is 1.62. The molecule has 2 aromatic heterocycles. The Bertz CT molecular complexity index is 646. The van der Waals surface area contributed by atoms with Gasteiger partial charge in [0.1, 0.15) is 10.8 Å². The lowest BCUT2D eigenvalue weighted by atomic mass is 10.1. The summed E-state index contributed by atoms with van der Waals surface area (Å²) in [7, 11) is 1.72. The van der Waals surface area contributed by atoms with Gasteiger partial charge < -0.3 is 4.57 Å². The van der Waals surface area contributed by atoms with Crippen molar-refractivity contribution in [1.82, 2.24) is 9.55 Å². The van der Waals surface area contributed by atoms with Crippen LogP contribution in [0.1, 0.15) is 17.3 Å². The first-order valence-electron chi connectivity index (χ1n) is 4.67. The number of carbonyl (C=O) groups is 1. The lowest BCUT2D eigenvalue weighted by Crippen LogP contribution is -2.17. The third-order valence-corrected chi connectivity index (χ3v) is 2.58. The molecular weight excluding hydrogens is 228 g/mol. The number of fused-ring (bicyclic) bond motifs is 1. The van der Waals surface area contributed by atoms with Gasteiger partial charge in [0.2, 0.25) is 5.43 Å². The van der Waals surface area contributed by atoms with Crippen molar-refractivity contribution < 1.29 is 4.79 Å². The Labute approximate surface area is 96.5 Å². The highest BCUT2D eigenvalue weighted by Crippen LogP contribution is 2.12. The van der Waals surface area contributed by atoms with Crippen LogP contribution in [0.4, 0.5) is 0 Å². The third kappa shape index (κ3) is 1.61. The first-order chi connectivity index (χ1) is 7.50. The fraction of sp³-hybridized carbons (Fsp3) is 0.182. The number of aryl methyl sites for hydroxylation is 1. The van der Waals surface area contributed by atoms with Crippen molar-refractivity contribution in [2.24, 2.45) is 7.05 Å². The van der Waals surface area contributed by atoms with Gasteiger partial charge in [-0.1, -0.05) is 11.6 Å². The maximum absolute atomic E-state index is 11.9. The predicted octanol–water partition coefficient (Wildman–Crippen LogP) is 1.79. The van der Waals surface area contributed by atoms with Gasteiger partial charge in [-0.3, -0.25) is 9.59 Å². The van der Waals surface area contributed by atoms with Crippen LogP contribution in [-0.4, -0.2) is 15.3 Å². The molecule has 0 spiro atoms. The van der Waals surface area contributed by atoms with Crippen LogP contribution in [0.5, 0.6) is 0 Å². The van der Waals surface area contributed by atoms with Gasteiger partial charge in [0.05, 0.1) is 10.9 Å². The highest BCUT2D eigenvalue weighted by atomic mass is 35.5. The Morgan fingerprint density at radius 1 is 1.44 bits per heavy atom. The molecule has 0 radical (unpaired) electrons. The Morgan fingerprint density at radius 3 is 2.75 bits per heavy atom. The van der Waals surface area contributed by atoms with Crippen molar-refractivity contribution in [3.05, 3.63) is 39.3 Å². The highest BCUT2D eigenvalue weighted by molar-refractivity contribution is 6.29. The molecule has 0 aliphatic rings. The predicted molar refractivity (Wildman–Crippen MR) is 62.0 cm³/mol. The first-order valence-corrected chi connectivity index (χ1v) is 5.05. The molecule has 2 rings (SSSR count). The molecule has 0 unspecified atom stereocenters. The molecule has 0 fully saturated rings. The minimum Gasteiger partial charge on any atom is -0.335 e. The first kappa shape index (κ1) is 10.8. The van der Waals surface area contributed by atoms with E-state index in [1.165, 1.54) is 19.2 Å². The van der Waals surface area contributed by atoms with Crippen LogP contribution in [0.15, 0.2) is 23.1 Å². The highest BCUT2D eigenvalue weighted by Gasteiger charge is 2.11. The van der Waals surface area contributed by atoms with Gasteiger partial charge in [0, 0.05) is 13.2 Å². The number of hydrogen-bond donors (Lipinski definition) is 0. The van der Waals surface area contributed by atoms with E-state index >= 15 is 0 Å². The standard InChI is InChI=1S/C11H9ClN2O2/c1-6(15)8-5-14(2)11-7(10(8)16)3-4-9(12)13-11/h3-5H,1-2H3. The molecule has 0 amide bonds. The van der Waals surface area contributed by atoms with E-state index in [1.807, 2.05) is 0 Å². The van der Waals surface area contributed by atoms with E-state index in [-0.39, 0.29) is 16.8 Å². The summed E-state index contributed by atoms with van der Waals surface area (Å²) in [4.78, 5) is 27.2. The molecule has 0 aliphatic carbocycles. The summed E-state index contributed by atoms with van der Waals surface area (Å²) in [5.74, 6) is -0.252. The summed E-state index contributed by atoms with van der Waals surface area (Å²) >= 11 is 5.75. The zero-order chi connectivity index (χ0) is 11.9. The zero-order valence-corrected chi connectivity index (χ0v) is 9.58. The fourth-order valence-corrected chi connectivity index (χ4v) is 1.72. The maximum Gasteiger partial charge on any atom is 0.201 e. The van der Waals surface area contributed by atoms with Gasteiger partial charge in [0.15, 0.2) is 5.78 Å². The van der Waals surface area contributed by atoms with Crippen molar-refractivity contribution in [3.63, 3.8) is 0 Å². The lowest BCUT2D eigenvalue weighted by Gasteiger charge is -2.06. The molecule has 5 heteroatoms. The molecule has 0 aliphatic heterocycles. The second-order valence-corrected chi connectivity index (χ2v) is 3.93. The summed E-state index contributed by atoms with van der Waals surface area (Å²) in [5, 5.41) is 0.720. The average molecular weight is 237 g/mol. The molecule has 0 saturated heterocycles. The van der Waals surface area contributed by atoms with E-state index in [4.69, 9.17) is 11.6 Å². The molecule has 0 N–H and O–H groups in total. The van der Waals surface area contributed by atoms with E-state index in [2.05, 4.69) is 4.98 Å². The van der Waals surface area contributed by atoms with Crippen molar-refractivity contribution in [3.8, 4) is 0 Å². The van der Waals surface area contributed by atoms with E-state index in [9.17, 15) is 9.59 Å². The van der Waals surface area contributed by atoms with Crippen molar-refractivity contribution in [2.75, 3.05) is 0 Å². The topological polar surface area (TPSA) is 52.0 Å². The summed E-state index contributed by atoms with van der Waals surface area (Å²) in [6, 6.07) is 3.12. The van der Waals surface area contributed by atoms with E-state index in [0.29, 0.717) is 16.2 Å². The number of aromatic nitrogens is 2. The van der Waals surface area contributed by atoms with E-state index in [0.717, 1.165) is 0 Å². The molecule has 0 bridgehead atoms. The molecule has 16 heavy (non-hydrogen) atoms. The normalized spacial score (nSPS) is 10.7. The van der Waals surface area contributed by atoms with Gasteiger partial charge in [-0.05, 0) is 19.1 Å². The number of halogens is 1. The molecule has 0 saturated carbocycles. The van der Waals surface area contributed by atoms with Gasteiger partial charge in [-0.15, -0.1) is 0 Å². The summed E-state index contributed by atoms with van der Waals surface area (Å²) in [5.41, 5.74) is 0.339. The fourth-order valence-electron chi connectivity index (χ4n) is 1.58. The number of Topliss-reactive ketones (excluding diaryl/α,β-unsaturated/α-hetero) is 1. The molecular formula is C11H9ClN2O2. The number of hydrogen-bond acceptors (Lipinski definition) is 3. The maximum atomic E-state index is 11.9. The number of rotatable bonds is 1. The molecule has 4 nitrogen and oxygen atoms in total. The smallest absolute Gasteiger partial charge is 0.201 e. The molecule has 82 valence electrons. The third-order valence-electron chi connectivity index (χ3n) is 2.37. The Balaban J connectivity index is 2.96. The Hall–Kier alpha value is -1.68. The number of ketones is 1. The van der Waals surface area contributed by atoms with Gasteiger partial charge in [-0.25, -0.2) is 4.98 Å². The van der Waals surface area contributed by atoms with Crippen LogP contribution < -0.4 is 5.43 Å². The van der Waals surface area contributed by atoms with E-state index in [1.54, 1.807) is 17.7 Å². The molecule has 0 atom stereocenters. The van der Waals surface area contributed by atoms with Crippen LogP contribution in [0.25, 0.3) is 11.0 Å². The monoisotopic (exact) mass is 236 g/mol. The largest absolute Gasteiger partial charge is 0.335 e. The van der Waals surface area contributed by atoms with Gasteiger partial charge in [-0.2, -0.15) is 0 Å². The van der Waals surface area contributed by atoms with Crippen LogP contribution in [-0.2, 0) is 7.05 Å². The van der Waals surface area contributed by atoms with Gasteiger partial charge >= 0.3 is 0 Å². The minimum absolute atomic E-state index is 0.166. The van der Waals surface area contributed by atoms with Gasteiger partial charge in [0.25, 0.3) is 0 Å². The van der Waals surface area contributed by atoms with Crippen molar-refractivity contribution in [2.45, 2.75) is 6.92 Å². The number of nitrogens with zero attached hydrogens (tertiary/aromatic N) is 2. The second-order valence-electron chi connectivity index (χ2n) is 3.54. The van der Waals surface area contributed by atoms with Crippen molar-refractivity contribution in [1.29, 1.82) is 0 Å². The van der Waals surface area contributed by atoms with Crippen LogP contribution in [0.3, 0.4) is 0 Å². The Kier molecular flexibility index (Phi) is 2.52. The summed E-state index contributed by atoms with van der Waals surface area (Å²) in [6.07, 6.45) is 1.48. The minimum atomic E-state index is -0.301. The van der Waals surface area contributed by atoms with Crippen LogP contribution >= 0.6 is 11.6 Å². The molecule has 2 heterocycles. The van der Waals surface area contributed by atoms with Crippen LogP contribution in [0.2, 0.25) is 5.15 Å². The van der Waals surface area contributed by atoms with Crippen molar-refractivity contribution >= 4 is 28.4 Å². The zero-order valence-electron chi connectivity index (χ0n) is 8.82.